The lowest BCUT2D eigenvalue weighted by Gasteiger charge is -2.06. The molecule has 2 aliphatic carbocycles. The van der Waals surface area contributed by atoms with Crippen molar-refractivity contribution in [3.8, 4) is 32.0 Å². The lowest BCUT2D eigenvalue weighted by atomic mass is 10.0. The van der Waals surface area contributed by atoms with Gasteiger partial charge in [0.05, 0.1) is 0 Å². The third-order valence-corrected chi connectivity index (χ3v) is 12.5. The van der Waals surface area contributed by atoms with Crippen molar-refractivity contribution < 1.29 is 0 Å². The van der Waals surface area contributed by atoms with E-state index in [0.29, 0.717) is 0 Å². The van der Waals surface area contributed by atoms with E-state index in [-0.39, 0.29) is 0 Å². The molecule has 2 aliphatic rings. The molecule has 2 aromatic rings. The third kappa shape index (κ3) is 13.4. The molecule has 0 saturated carbocycles. The molecule has 0 fully saturated rings. The number of thiophene rings is 2. The minimum atomic E-state index is 1.21. The van der Waals surface area contributed by atoms with Crippen molar-refractivity contribution in [3.63, 3.8) is 0 Å². The van der Waals surface area contributed by atoms with Crippen LogP contribution in [0.5, 0.6) is 0 Å². The van der Waals surface area contributed by atoms with E-state index in [9.17, 15) is 0 Å². The molecule has 0 saturated heterocycles. The van der Waals surface area contributed by atoms with E-state index in [1.54, 1.807) is 11.1 Å². The molecule has 48 heavy (non-hydrogen) atoms. The van der Waals surface area contributed by atoms with Crippen LogP contribution < -0.4 is 0 Å². The number of hydrogen-bond donors (Lipinski definition) is 0. The predicted octanol–water partition coefficient (Wildman–Crippen LogP) is 16.7. The highest BCUT2D eigenvalue weighted by atomic mass is 32.1. The van der Waals surface area contributed by atoms with Gasteiger partial charge < -0.3 is 0 Å². The van der Waals surface area contributed by atoms with E-state index in [2.05, 4.69) is 73.1 Å². The second-order valence-electron chi connectivity index (χ2n) is 14.5. The lowest BCUT2D eigenvalue weighted by Crippen LogP contribution is -1.87. The molecule has 264 valence electrons. The van der Waals surface area contributed by atoms with Gasteiger partial charge in [0, 0.05) is 20.9 Å². The van der Waals surface area contributed by atoms with E-state index in [0.717, 1.165) is 0 Å². The zero-order chi connectivity index (χ0) is 33.5. The highest BCUT2D eigenvalue weighted by Gasteiger charge is 2.22. The number of fused-ring (bicyclic) bond motifs is 1. The largest absolute Gasteiger partial charge is 0.144 e. The fourth-order valence-electron chi connectivity index (χ4n) is 7.54. The number of rotatable bonds is 28. The van der Waals surface area contributed by atoms with Gasteiger partial charge in [0.1, 0.15) is 0 Å². The molecule has 0 radical (unpaired) electrons. The summed E-state index contributed by atoms with van der Waals surface area (Å²) in [7, 11) is 0. The normalized spacial score (nSPS) is 11.6. The minimum absolute atomic E-state index is 1.21. The van der Waals surface area contributed by atoms with Gasteiger partial charge in [0.25, 0.3) is 0 Å². The van der Waals surface area contributed by atoms with Crippen molar-refractivity contribution >= 4 is 22.7 Å². The van der Waals surface area contributed by atoms with Crippen LogP contribution in [-0.4, -0.2) is 0 Å². The van der Waals surface area contributed by atoms with Crippen molar-refractivity contribution in [1.82, 2.24) is 0 Å². The Balaban J connectivity index is 1.25. The Morgan fingerprint density at radius 3 is 1.04 bits per heavy atom. The zero-order valence-corrected chi connectivity index (χ0v) is 32.6. The first-order valence-corrected chi connectivity index (χ1v) is 22.2. The van der Waals surface area contributed by atoms with Crippen molar-refractivity contribution in [2.24, 2.45) is 0 Å². The lowest BCUT2D eigenvalue weighted by molar-refractivity contribution is 0.544. The van der Waals surface area contributed by atoms with Crippen LogP contribution in [0.15, 0.2) is 59.3 Å². The molecule has 0 amide bonds. The first-order chi connectivity index (χ1) is 23.8. The highest BCUT2D eigenvalue weighted by Crippen LogP contribution is 2.48. The van der Waals surface area contributed by atoms with Gasteiger partial charge in [-0.25, -0.2) is 0 Å². The van der Waals surface area contributed by atoms with Crippen molar-refractivity contribution in [1.29, 1.82) is 0 Å². The Labute approximate surface area is 304 Å². The topological polar surface area (TPSA) is 0 Å². The van der Waals surface area contributed by atoms with Crippen LogP contribution in [0, 0.1) is 0 Å². The molecule has 2 heteroatoms. The van der Waals surface area contributed by atoms with Crippen LogP contribution in [-0.2, 0) is 12.8 Å². The van der Waals surface area contributed by atoms with Gasteiger partial charge in [-0.2, -0.15) is 0 Å². The van der Waals surface area contributed by atoms with Gasteiger partial charge in [-0.05, 0) is 76.9 Å². The monoisotopic (exact) mass is 684 g/mol. The van der Waals surface area contributed by atoms with Crippen molar-refractivity contribution in [2.75, 3.05) is 0 Å². The van der Waals surface area contributed by atoms with E-state index in [1.807, 2.05) is 22.7 Å². The molecule has 0 N–H and O–H groups in total. The summed E-state index contributed by atoms with van der Waals surface area (Å²) in [6.45, 7) is 4.61. The molecule has 0 atom stereocenters. The Hall–Kier alpha value is -1.90. The van der Waals surface area contributed by atoms with Gasteiger partial charge in [-0.1, -0.05) is 185 Å². The molecule has 2 heterocycles. The maximum absolute atomic E-state index is 2.54. The third-order valence-electron chi connectivity index (χ3n) is 10.5. The van der Waals surface area contributed by atoms with Gasteiger partial charge in [-0.15, -0.1) is 22.7 Å². The van der Waals surface area contributed by atoms with Crippen molar-refractivity contribution in [2.45, 2.75) is 181 Å². The molecule has 0 unspecified atom stereocenters. The van der Waals surface area contributed by atoms with Crippen LogP contribution in [0.1, 0.15) is 179 Å². The standard InChI is InChI=1S/C46H68S2/c1-3-5-7-9-11-13-15-17-19-21-23-26-30-39-34-36-47-45(39)43-38-44(42-33-29-25-28-32-41(42)43)46-40(35-37-48-46)31-27-24-22-20-18-16-14-12-10-8-6-4-2/h25,28-29,32-38H,3-24,26-27,30-31H2,1-2H3. The zero-order valence-electron chi connectivity index (χ0n) is 31.0. The van der Waals surface area contributed by atoms with Crippen LogP contribution in [0.4, 0.5) is 0 Å². The number of aryl methyl sites for hydroxylation is 2. The molecule has 0 aromatic carbocycles. The summed E-state index contributed by atoms with van der Waals surface area (Å²) in [5.41, 5.74) is 8.84. The Morgan fingerprint density at radius 2 is 0.688 bits per heavy atom. The van der Waals surface area contributed by atoms with Gasteiger partial charge in [0.2, 0.25) is 0 Å². The average molecular weight is 685 g/mol. The first-order valence-electron chi connectivity index (χ1n) is 20.5. The quantitative estimate of drug-likeness (QED) is 0.0522. The van der Waals surface area contributed by atoms with Crippen LogP contribution in [0.2, 0.25) is 0 Å². The Kier molecular flexibility index (Phi) is 19.7. The molecular formula is C46H68S2. The fourth-order valence-corrected chi connectivity index (χ4v) is 9.51. The van der Waals surface area contributed by atoms with E-state index < -0.39 is 0 Å². The second-order valence-corrected chi connectivity index (χ2v) is 16.4. The Bertz CT molecular complexity index is 1230. The van der Waals surface area contributed by atoms with Gasteiger partial charge >= 0.3 is 0 Å². The minimum Gasteiger partial charge on any atom is -0.144 e. The fraction of sp³-hybridized carbons (Fsp3) is 0.609. The van der Waals surface area contributed by atoms with Gasteiger partial charge in [-0.3, -0.25) is 0 Å². The molecule has 0 spiro atoms. The predicted molar refractivity (Wildman–Crippen MR) is 219 cm³/mol. The molecule has 4 rings (SSSR count). The van der Waals surface area contributed by atoms with Gasteiger partial charge in [0.15, 0.2) is 0 Å². The summed E-state index contributed by atoms with van der Waals surface area (Å²) < 4.78 is 0. The molecule has 0 aliphatic heterocycles. The number of unbranched alkanes of at least 4 members (excludes halogenated alkanes) is 22. The van der Waals surface area contributed by atoms with Crippen LogP contribution in [0.3, 0.4) is 0 Å². The number of hydrogen-bond acceptors (Lipinski definition) is 2. The smallest absolute Gasteiger partial charge is 0.0381 e. The van der Waals surface area contributed by atoms with Crippen LogP contribution in [0.25, 0.3) is 32.0 Å². The molecule has 0 bridgehead atoms. The summed E-state index contributed by atoms with van der Waals surface area (Å²) in [4.78, 5) is 3.00. The summed E-state index contributed by atoms with van der Waals surface area (Å²) in [6.07, 6.45) is 36.3. The maximum atomic E-state index is 2.54. The SMILES string of the molecule is CCCCCCCCCCCCCCc1ccsc1-c1cc(-c2sccc2CCCCCCCCCCCCCC)c2cccccc1-2. The van der Waals surface area contributed by atoms with Crippen molar-refractivity contribution in [3.05, 3.63) is 70.4 Å². The van der Waals surface area contributed by atoms with Crippen LogP contribution >= 0.6 is 22.7 Å². The summed E-state index contributed by atoms with van der Waals surface area (Å²) in [5, 5.41) is 4.66. The maximum Gasteiger partial charge on any atom is 0.0381 e. The summed E-state index contributed by atoms with van der Waals surface area (Å²) in [5.74, 6) is 0. The molecule has 0 nitrogen and oxygen atoms in total. The molecule has 2 aromatic heterocycles. The Morgan fingerprint density at radius 1 is 0.354 bits per heavy atom. The van der Waals surface area contributed by atoms with E-state index in [4.69, 9.17) is 0 Å². The van der Waals surface area contributed by atoms with E-state index >= 15 is 0 Å². The average Bonchev–Trinajstić information content (AvgIpc) is 3.80. The summed E-state index contributed by atoms with van der Waals surface area (Å²) >= 11 is 3.89. The summed E-state index contributed by atoms with van der Waals surface area (Å²) in [6, 6.07) is 18.7. The van der Waals surface area contributed by atoms with E-state index in [1.165, 1.54) is 199 Å². The first kappa shape index (κ1) is 38.9. The molecular weight excluding hydrogens is 617 g/mol. The second kappa shape index (κ2) is 24.3. The highest BCUT2D eigenvalue weighted by molar-refractivity contribution is 7.14.